The zero-order valence-electron chi connectivity index (χ0n) is 10.3. The van der Waals surface area contributed by atoms with Crippen LogP contribution in [0.2, 0.25) is 0 Å². The fraction of sp³-hybridized carbons (Fsp3) is 0.727. The molecule has 1 fully saturated rings. The number of amides is 1. The molecule has 17 heavy (non-hydrogen) atoms. The van der Waals surface area contributed by atoms with Crippen LogP contribution in [0.4, 0.5) is 0 Å². The van der Waals surface area contributed by atoms with E-state index in [2.05, 4.69) is 14.9 Å². The van der Waals surface area contributed by atoms with Crippen molar-refractivity contribution in [2.24, 2.45) is 0 Å². The Morgan fingerprint density at radius 2 is 2.41 bits per heavy atom. The number of hydrogen-bond donors (Lipinski definition) is 1. The van der Waals surface area contributed by atoms with Crippen molar-refractivity contribution < 1.29 is 4.79 Å². The van der Waals surface area contributed by atoms with Gasteiger partial charge in [0, 0.05) is 19.1 Å². The van der Waals surface area contributed by atoms with Crippen molar-refractivity contribution in [2.45, 2.75) is 32.7 Å². The first-order valence-corrected chi connectivity index (χ1v) is 6.88. The molecule has 1 atom stereocenters. The third-order valence-electron chi connectivity index (χ3n) is 3.16. The van der Waals surface area contributed by atoms with Gasteiger partial charge >= 0.3 is 0 Å². The van der Waals surface area contributed by atoms with Gasteiger partial charge in [0.15, 0.2) is 0 Å². The maximum Gasteiger partial charge on any atom is 0.267 e. The van der Waals surface area contributed by atoms with E-state index in [1.54, 1.807) is 0 Å². The van der Waals surface area contributed by atoms with E-state index in [4.69, 9.17) is 0 Å². The Morgan fingerprint density at radius 3 is 3.00 bits per heavy atom. The van der Waals surface area contributed by atoms with Crippen LogP contribution in [0.25, 0.3) is 0 Å². The molecule has 0 aliphatic carbocycles. The van der Waals surface area contributed by atoms with Gasteiger partial charge in [-0.15, -0.1) is 5.10 Å². The van der Waals surface area contributed by atoms with Gasteiger partial charge < -0.3 is 10.2 Å². The van der Waals surface area contributed by atoms with Crippen LogP contribution in [-0.2, 0) is 6.42 Å². The summed E-state index contributed by atoms with van der Waals surface area (Å²) in [5.74, 6) is 0.0908. The van der Waals surface area contributed by atoms with Crippen LogP contribution in [0.3, 0.4) is 0 Å². The summed E-state index contributed by atoms with van der Waals surface area (Å²) in [6.07, 6.45) is 1.80. The van der Waals surface area contributed by atoms with Crippen molar-refractivity contribution in [1.29, 1.82) is 0 Å². The standard InChI is InChI=1S/C11H18N4OS/c1-3-9-10(17-14-13-9)11(16)15(4-2)8-5-6-12-7-8/h8,12H,3-7H2,1-2H3. The Hall–Kier alpha value is -1.01. The second-order valence-electron chi connectivity index (χ2n) is 4.14. The molecule has 0 aromatic carbocycles. The molecule has 0 radical (unpaired) electrons. The van der Waals surface area contributed by atoms with Gasteiger partial charge in [0.05, 0.1) is 5.69 Å². The van der Waals surface area contributed by atoms with Crippen LogP contribution >= 0.6 is 11.5 Å². The molecule has 1 unspecified atom stereocenters. The highest BCUT2D eigenvalue weighted by molar-refractivity contribution is 7.08. The highest BCUT2D eigenvalue weighted by Gasteiger charge is 2.28. The largest absolute Gasteiger partial charge is 0.334 e. The van der Waals surface area contributed by atoms with E-state index in [1.807, 2.05) is 18.7 Å². The second kappa shape index (κ2) is 5.55. The SMILES string of the molecule is CCc1nnsc1C(=O)N(CC)C1CCNC1. The van der Waals surface area contributed by atoms with Crippen LogP contribution in [-0.4, -0.2) is 46.1 Å². The molecule has 1 aliphatic rings. The number of carbonyl (C=O) groups is 1. The molecule has 0 bridgehead atoms. The summed E-state index contributed by atoms with van der Waals surface area (Å²) in [4.78, 5) is 15.1. The lowest BCUT2D eigenvalue weighted by atomic mass is 10.2. The Labute approximate surface area is 105 Å². The smallest absolute Gasteiger partial charge is 0.267 e. The topological polar surface area (TPSA) is 58.1 Å². The number of nitrogens with zero attached hydrogens (tertiary/aromatic N) is 3. The molecule has 1 N–H and O–H groups in total. The normalized spacial score (nSPS) is 19.5. The molecular formula is C11H18N4OS. The van der Waals surface area contributed by atoms with E-state index in [1.165, 1.54) is 11.5 Å². The van der Waals surface area contributed by atoms with Gasteiger partial charge in [0.2, 0.25) is 0 Å². The predicted molar refractivity (Wildman–Crippen MR) is 67.3 cm³/mol. The first-order valence-electron chi connectivity index (χ1n) is 6.10. The van der Waals surface area contributed by atoms with Crippen LogP contribution in [0.5, 0.6) is 0 Å². The fourth-order valence-electron chi connectivity index (χ4n) is 2.21. The molecule has 1 aromatic rings. The lowest BCUT2D eigenvalue weighted by Gasteiger charge is -2.26. The highest BCUT2D eigenvalue weighted by Crippen LogP contribution is 2.18. The average Bonchev–Trinajstić information content (AvgIpc) is 3.00. The quantitative estimate of drug-likeness (QED) is 0.868. The van der Waals surface area contributed by atoms with Crippen LogP contribution < -0.4 is 5.32 Å². The van der Waals surface area contributed by atoms with Gasteiger partial charge in [-0.05, 0) is 37.8 Å². The highest BCUT2D eigenvalue weighted by atomic mass is 32.1. The van der Waals surface area contributed by atoms with Crippen molar-refractivity contribution in [3.8, 4) is 0 Å². The van der Waals surface area contributed by atoms with Crippen molar-refractivity contribution >= 4 is 17.4 Å². The Morgan fingerprint density at radius 1 is 1.59 bits per heavy atom. The van der Waals surface area contributed by atoms with Crippen molar-refractivity contribution in [3.63, 3.8) is 0 Å². The van der Waals surface area contributed by atoms with Gasteiger partial charge in [0.25, 0.3) is 5.91 Å². The third-order valence-corrected chi connectivity index (χ3v) is 3.92. The van der Waals surface area contributed by atoms with Crippen molar-refractivity contribution in [3.05, 3.63) is 10.6 Å². The summed E-state index contributed by atoms with van der Waals surface area (Å²) >= 11 is 1.21. The van der Waals surface area contributed by atoms with Crippen molar-refractivity contribution in [2.75, 3.05) is 19.6 Å². The van der Waals surface area contributed by atoms with Gasteiger partial charge in [-0.3, -0.25) is 4.79 Å². The van der Waals surface area contributed by atoms with Gasteiger partial charge in [-0.1, -0.05) is 11.4 Å². The first-order chi connectivity index (χ1) is 8.27. The zero-order valence-corrected chi connectivity index (χ0v) is 11.1. The minimum Gasteiger partial charge on any atom is -0.334 e. The third kappa shape index (κ3) is 2.47. The lowest BCUT2D eigenvalue weighted by Crippen LogP contribution is -2.41. The van der Waals surface area contributed by atoms with E-state index in [0.29, 0.717) is 10.9 Å². The zero-order chi connectivity index (χ0) is 12.3. The Kier molecular flexibility index (Phi) is 4.06. The number of likely N-dealkylation sites (N-methyl/N-ethyl adjacent to an activating group) is 1. The maximum absolute atomic E-state index is 12.4. The fourth-order valence-corrected chi connectivity index (χ4v) is 2.91. The predicted octanol–water partition coefficient (Wildman–Crippen LogP) is 0.924. The molecule has 1 amide bonds. The monoisotopic (exact) mass is 254 g/mol. The molecule has 1 saturated heterocycles. The summed E-state index contributed by atoms with van der Waals surface area (Å²) in [5, 5.41) is 7.30. The summed E-state index contributed by atoms with van der Waals surface area (Å²) in [5.41, 5.74) is 0.824. The summed E-state index contributed by atoms with van der Waals surface area (Å²) in [6, 6.07) is 0.319. The Balaban J connectivity index is 2.16. The number of aryl methyl sites for hydroxylation is 1. The van der Waals surface area contributed by atoms with E-state index < -0.39 is 0 Å². The molecule has 1 aliphatic heterocycles. The molecule has 6 heteroatoms. The first kappa shape index (κ1) is 12.4. The van der Waals surface area contributed by atoms with Gasteiger partial charge in [-0.2, -0.15) is 0 Å². The van der Waals surface area contributed by atoms with E-state index >= 15 is 0 Å². The summed E-state index contributed by atoms with van der Waals surface area (Å²) < 4.78 is 3.89. The number of hydrogen-bond acceptors (Lipinski definition) is 5. The van der Waals surface area contributed by atoms with Crippen molar-refractivity contribution in [1.82, 2.24) is 19.8 Å². The van der Waals surface area contributed by atoms with Gasteiger partial charge in [-0.25, -0.2) is 0 Å². The lowest BCUT2D eigenvalue weighted by molar-refractivity contribution is 0.0707. The van der Waals surface area contributed by atoms with Crippen LogP contribution in [0, 0.1) is 0 Å². The molecule has 0 saturated carbocycles. The van der Waals surface area contributed by atoms with Gasteiger partial charge in [0.1, 0.15) is 4.88 Å². The summed E-state index contributed by atoms with van der Waals surface area (Å²) in [7, 11) is 0. The Bertz CT molecular complexity index is 387. The molecule has 1 aromatic heterocycles. The molecule has 5 nitrogen and oxygen atoms in total. The molecular weight excluding hydrogens is 236 g/mol. The molecule has 0 spiro atoms. The number of carbonyl (C=O) groups excluding carboxylic acids is 1. The molecule has 2 heterocycles. The maximum atomic E-state index is 12.4. The van der Waals surface area contributed by atoms with Crippen LogP contribution in [0.15, 0.2) is 0 Å². The van der Waals surface area contributed by atoms with E-state index in [9.17, 15) is 4.79 Å². The molecule has 94 valence electrons. The number of aromatic nitrogens is 2. The minimum absolute atomic E-state index is 0.0908. The average molecular weight is 254 g/mol. The number of rotatable bonds is 4. The van der Waals surface area contributed by atoms with E-state index in [-0.39, 0.29) is 5.91 Å². The summed E-state index contributed by atoms with van der Waals surface area (Å²) in [6.45, 7) is 6.66. The molecule has 2 rings (SSSR count). The van der Waals surface area contributed by atoms with E-state index in [0.717, 1.165) is 38.2 Å². The minimum atomic E-state index is 0.0908. The van der Waals surface area contributed by atoms with Crippen LogP contribution in [0.1, 0.15) is 35.6 Å². The second-order valence-corrected chi connectivity index (χ2v) is 4.89. The number of nitrogens with one attached hydrogen (secondary N) is 1.